The van der Waals surface area contributed by atoms with Crippen LogP contribution in [0.15, 0.2) is 10.7 Å². The summed E-state index contributed by atoms with van der Waals surface area (Å²) in [5, 5.41) is 0. The molecule has 0 aliphatic carbocycles. The van der Waals surface area contributed by atoms with Gasteiger partial charge in [0.15, 0.2) is 0 Å². The van der Waals surface area contributed by atoms with Gasteiger partial charge in [0.2, 0.25) is 5.76 Å². The lowest BCUT2D eigenvalue weighted by atomic mass is 10.4. The summed E-state index contributed by atoms with van der Waals surface area (Å²) in [6, 6.07) is 0. The summed E-state index contributed by atoms with van der Waals surface area (Å²) in [7, 11) is 0. The topological polar surface area (TPSA) is 35.5 Å². The summed E-state index contributed by atoms with van der Waals surface area (Å²) in [5.74, 6) is -1.90. The van der Waals surface area contributed by atoms with Gasteiger partial charge >= 0.3 is 12.1 Å². The Bertz CT molecular complexity index is 285. The molecule has 7 heteroatoms. The lowest BCUT2D eigenvalue weighted by molar-refractivity contribution is -0.144. The van der Waals surface area contributed by atoms with E-state index in [1.165, 1.54) is 6.92 Å². The molecule has 0 aromatic carbocycles. The van der Waals surface area contributed by atoms with Crippen molar-refractivity contribution in [3.8, 4) is 0 Å². The van der Waals surface area contributed by atoms with Crippen LogP contribution in [-0.2, 0) is 14.3 Å². The van der Waals surface area contributed by atoms with Crippen molar-refractivity contribution in [3.63, 3.8) is 0 Å². The van der Waals surface area contributed by atoms with E-state index in [1.807, 2.05) is 0 Å². The maximum absolute atomic E-state index is 12.4. The SMILES string of the molecule is CCOC(=O)C1=C(C(F)(F)F)OCCS1. The fourth-order valence-electron chi connectivity index (χ4n) is 0.977. The van der Waals surface area contributed by atoms with Gasteiger partial charge in [-0.3, -0.25) is 0 Å². The number of esters is 1. The molecule has 1 aliphatic heterocycles. The first-order valence-corrected chi connectivity index (χ1v) is 5.19. The number of carbonyl (C=O) groups excluding carboxylic acids is 1. The minimum absolute atomic E-state index is 0.0357. The van der Waals surface area contributed by atoms with Gasteiger partial charge in [-0.05, 0) is 6.92 Å². The van der Waals surface area contributed by atoms with Gasteiger partial charge in [-0.15, -0.1) is 11.8 Å². The zero-order valence-corrected chi connectivity index (χ0v) is 8.70. The number of hydrogen-bond acceptors (Lipinski definition) is 4. The monoisotopic (exact) mass is 242 g/mol. The molecule has 0 saturated carbocycles. The van der Waals surface area contributed by atoms with E-state index in [2.05, 4.69) is 9.47 Å². The van der Waals surface area contributed by atoms with Gasteiger partial charge in [0, 0.05) is 5.75 Å². The molecule has 1 aliphatic rings. The van der Waals surface area contributed by atoms with Crippen molar-refractivity contribution in [1.29, 1.82) is 0 Å². The zero-order chi connectivity index (χ0) is 11.5. The first-order chi connectivity index (χ1) is 6.96. The Morgan fingerprint density at radius 1 is 1.60 bits per heavy atom. The molecular weight excluding hydrogens is 233 g/mol. The van der Waals surface area contributed by atoms with Crippen LogP contribution in [0.1, 0.15) is 6.92 Å². The summed E-state index contributed by atoms with van der Waals surface area (Å²) in [6.45, 7) is 1.51. The van der Waals surface area contributed by atoms with Crippen molar-refractivity contribution >= 4 is 17.7 Å². The van der Waals surface area contributed by atoms with E-state index >= 15 is 0 Å². The number of thioether (sulfide) groups is 1. The number of carbonyl (C=O) groups is 1. The summed E-state index contributed by atoms with van der Waals surface area (Å²) in [5.41, 5.74) is 0. The second-order valence-corrected chi connectivity index (χ2v) is 3.68. The highest BCUT2D eigenvalue weighted by Gasteiger charge is 2.42. The number of halogens is 3. The maximum Gasteiger partial charge on any atom is 0.450 e. The fraction of sp³-hybridized carbons (Fsp3) is 0.625. The molecule has 1 heterocycles. The second-order valence-electron chi connectivity index (χ2n) is 2.57. The van der Waals surface area contributed by atoms with Crippen molar-refractivity contribution in [2.45, 2.75) is 13.1 Å². The molecule has 0 spiro atoms. The third kappa shape index (κ3) is 3.05. The fourth-order valence-corrected chi connectivity index (χ4v) is 1.83. The van der Waals surface area contributed by atoms with Crippen LogP contribution >= 0.6 is 11.8 Å². The van der Waals surface area contributed by atoms with E-state index in [9.17, 15) is 18.0 Å². The molecule has 0 saturated heterocycles. The van der Waals surface area contributed by atoms with E-state index in [4.69, 9.17) is 0 Å². The van der Waals surface area contributed by atoms with Crippen molar-refractivity contribution in [2.24, 2.45) is 0 Å². The third-order valence-electron chi connectivity index (χ3n) is 1.50. The summed E-state index contributed by atoms with van der Waals surface area (Å²) in [6.07, 6.45) is -4.64. The van der Waals surface area contributed by atoms with Gasteiger partial charge in [-0.1, -0.05) is 0 Å². The molecule has 0 N–H and O–H groups in total. The van der Waals surface area contributed by atoms with E-state index in [0.29, 0.717) is 5.75 Å². The predicted molar refractivity (Wildman–Crippen MR) is 48.1 cm³/mol. The van der Waals surface area contributed by atoms with Gasteiger partial charge in [0.1, 0.15) is 4.91 Å². The molecule has 1 rings (SSSR count). The van der Waals surface area contributed by atoms with Gasteiger partial charge in [-0.25, -0.2) is 4.79 Å². The molecule has 15 heavy (non-hydrogen) atoms. The first-order valence-electron chi connectivity index (χ1n) is 4.21. The molecular formula is C8H9F3O3S. The Kier molecular flexibility index (Phi) is 3.90. The molecule has 0 amide bonds. The normalized spacial score (nSPS) is 17.3. The van der Waals surface area contributed by atoms with Gasteiger partial charge in [0.05, 0.1) is 13.2 Å². The third-order valence-corrected chi connectivity index (χ3v) is 2.51. The lowest BCUT2D eigenvalue weighted by Crippen LogP contribution is -2.24. The van der Waals surface area contributed by atoms with Crippen LogP contribution in [-0.4, -0.2) is 31.1 Å². The average Bonchev–Trinajstić information content (AvgIpc) is 2.17. The van der Waals surface area contributed by atoms with E-state index in [-0.39, 0.29) is 13.2 Å². The van der Waals surface area contributed by atoms with E-state index in [1.54, 1.807) is 0 Å². The minimum atomic E-state index is -4.64. The summed E-state index contributed by atoms with van der Waals surface area (Å²) >= 11 is 0.806. The van der Waals surface area contributed by atoms with Crippen molar-refractivity contribution in [2.75, 3.05) is 19.0 Å². The maximum atomic E-state index is 12.4. The average molecular weight is 242 g/mol. The largest absolute Gasteiger partial charge is 0.487 e. The Morgan fingerprint density at radius 2 is 2.27 bits per heavy atom. The van der Waals surface area contributed by atoms with Crippen molar-refractivity contribution in [3.05, 3.63) is 10.7 Å². The highest BCUT2D eigenvalue weighted by molar-refractivity contribution is 8.04. The zero-order valence-electron chi connectivity index (χ0n) is 7.89. The van der Waals surface area contributed by atoms with Crippen LogP contribution in [0.25, 0.3) is 0 Å². The van der Waals surface area contributed by atoms with Crippen LogP contribution < -0.4 is 0 Å². The van der Waals surface area contributed by atoms with Gasteiger partial charge in [0.25, 0.3) is 0 Å². The smallest absolute Gasteiger partial charge is 0.450 e. The van der Waals surface area contributed by atoms with E-state index < -0.39 is 22.8 Å². The molecule has 86 valence electrons. The summed E-state index contributed by atoms with van der Waals surface area (Å²) in [4.78, 5) is 10.7. The highest BCUT2D eigenvalue weighted by atomic mass is 32.2. The number of alkyl halides is 3. The molecule has 0 unspecified atom stereocenters. The van der Waals surface area contributed by atoms with E-state index in [0.717, 1.165) is 11.8 Å². The molecule has 0 radical (unpaired) electrons. The van der Waals surface area contributed by atoms with Gasteiger partial charge < -0.3 is 9.47 Å². The number of allylic oxidation sites excluding steroid dienone is 1. The van der Waals surface area contributed by atoms with Crippen LogP contribution in [0.5, 0.6) is 0 Å². The van der Waals surface area contributed by atoms with Crippen molar-refractivity contribution < 1.29 is 27.4 Å². The molecule has 0 fully saturated rings. The first kappa shape index (κ1) is 12.2. The standard InChI is InChI=1S/C8H9F3O3S/c1-2-13-7(12)5-6(8(9,10)11)14-3-4-15-5/h2-4H2,1H3. The lowest BCUT2D eigenvalue weighted by Gasteiger charge is -2.21. The predicted octanol–water partition coefficient (Wildman–Crippen LogP) is 2.09. The Labute approximate surface area is 88.6 Å². The van der Waals surface area contributed by atoms with Crippen molar-refractivity contribution in [1.82, 2.24) is 0 Å². The Balaban J connectivity index is 2.96. The highest BCUT2D eigenvalue weighted by Crippen LogP contribution is 2.37. The number of rotatable bonds is 2. The van der Waals surface area contributed by atoms with Crippen LogP contribution in [0, 0.1) is 0 Å². The second kappa shape index (κ2) is 4.78. The quantitative estimate of drug-likeness (QED) is 0.694. The number of ether oxygens (including phenoxy) is 2. The molecule has 0 aromatic rings. The Hall–Kier alpha value is -0.850. The van der Waals surface area contributed by atoms with Gasteiger partial charge in [-0.2, -0.15) is 13.2 Å². The summed E-state index contributed by atoms with van der Waals surface area (Å²) < 4.78 is 46.1. The van der Waals surface area contributed by atoms with Crippen LogP contribution in [0.3, 0.4) is 0 Å². The molecule has 0 aromatic heterocycles. The molecule has 3 nitrogen and oxygen atoms in total. The number of hydrogen-bond donors (Lipinski definition) is 0. The Morgan fingerprint density at radius 3 is 2.80 bits per heavy atom. The molecule has 0 bridgehead atoms. The molecule has 0 atom stereocenters. The minimum Gasteiger partial charge on any atom is -0.487 e. The van der Waals surface area contributed by atoms with Crippen LogP contribution in [0.4, 0.5) is 13.2 Å². The van der Waals surface area contributed by atoms with Crippen LogP contribution in [0.2, 0.25) is 0 Å².